The first kappa shape index (κ1) is 16.7. The summed E-state index contributed by atoms with van der Waals surface area (Å²) < 4.78 is 39.6. The van der Waals surface area contributed by atoms with E-state index < -0.39 is 23.1 Å². The number of carboxylic acids is 1. The second-order valence-corrected chi connectivity index (χ2v) is 4.95. The van der Waals surface area contributed by atoms with Gasteiger partial charge in [0, 0.05) is 18.2 Å². The van der Waals surface area contributed by atoms with Crippen LogP contribution in [0.5, 0.6) is 0 Å². The van der Waals surface area contributed by atoms with Gasteiger partial charge in [0.05, 0.1) is 17.7 Å². The Morgan fingerprint density at radius 3 is 2.61 bits per heavy atom. The number of alkyl halides is 3. The molecule has 1 N–H and O–H groups in total. The minimum absolute atomic E-state index is 0.00425. The zero-order valence-corrected chi connectivity index (χ0v) is 12.1. The summed E-state index contributed by atoms with van der Waals surface area (Å²) in [6.45, 7) is 1.54. The van der Waals surface area contributed by atoms with Crippen molar-refractivity contribution in [1.29, 1.82) is 0 Å². The van der Waals surface area contributed by atoms with Crippen LogP contribution in [0, 0.1) is 6.92 Å². The molecule has 0 radical (unpaired) electrons. The van der Waals surface area contributed by atoms with Gasteiger partial charge in [-0.1, -0.05) is 6.07 Å². The van der Waals surface area contributed by atoms with E-state index in [-0.39, 0.29) is 24.2 Å². The molecule has 122 valence electrons. The molecule has 0 saturated heterocycles. The van der Waals surface area contributed by atoms with E-state index in [2.05, 4.69) is 5.10 Å². The average molecular weight is 326 g/mol. The SMILES string of the molecule is Cc1cc(=O)c(CCC(=O)O)nn1-c1cccc(C(F)(F)F)c1. The van der Waals surface area contributed by atoms with Crippen LogP contribution < -0.4 is 5.43 Å². The summed E-state index contributed by atoms with van der Waals surface area (Å²) in [4.78, 5) is 22.4. The molecule has 0 aliphatic rings. The van der Waals surface area contributed by atoms with Gasteiger partial charge in [-0.2, -0.15) is 18.3 Å². The third-order valence-corrected chi connectivity index (χ3v) is 3.17. The van der Waals surface area contributed by atoms with Crippen molar-refractivity contribution in [2.75, 3.05) is 0 Å². The smallest absolute Gasteiger partial charge is 0.416 e. The molecule has 0 fully saturated rings. The van der Waals surface area contributed by atoms with Crippen molar-refractivity contribution in [1.82, 2.24) is 9.78 Å². The highest BCUT2D eigenvalue weighted by atomic mass is 19.4. The molecule has 0 bridgehead atoms. The number of aromatic nitrogens is 2. The number of aryl methyl sites for hydroxylation is 2. The Hall–Kier alpha value is -2.64. The van der Waals surface area contributed by atoms with E-state index in [1.54, 1.807) is 0 Å². The first-order valence-corrected chi connectivity index (χ1v) is 6.68. The fraction of sp³-hybridized carbons (Fsp3) is 0.267. The fourth-order valence-corrected chi connectivity index (χ4v) is 2.06. The van der Waals surface area contributed by atoms with Gasteiger partial charge in [-0.05, 0) is 25.1 Å². The highest BCUT2D eigenvalue weighted by molar-refractivity contribution is 5.66. The molecular weight excluding hydrogens is 313 g/mol. The lowest BCUT2D eigenvalue weighted by atomic mass is 10.2. The van der Waals surface area contributed by atoms with Crippen LogP contribution in [0.15, 0.2) is 35.1 Å². The number of nitrogens with zero attached hydrogens (tertiary/aromatic N) is 2. The minimum Gasteiger partial charge on any atom is -0.481 e. The van der Waals surface area contributed by atoms with Gasteiger partial charge in [0.2, 0.25) is 5.43 Å². The maximum atomic E-state index is 12.8. The van der Waals surface area contributed by atoms with Crippen LogP contribution in [-0.2, 0) is 17.4 Å². The number of hydrogen-bond acceptors (Lipinski definition) is 3. The monoisotopic (exact) mass is 326 g/mol. The fourth-order valence-electron chi connectivity index (χ4n) is 2.06. The van der Waals surface area contributed by atoms with E-state index in [0.717, 1.165) is 12.1 Å². The molecule has 23 heavy (non-hydrogen) atoms. The molecule has 5 nitrogen and oxygen atoms in total. The van der Waals surface area contributed by atoms with Crippen LogP contribution in [0.3, 0.4) is 0 Å². The van der Waals surface area contributed by atoms with Crippen LogP contribution in [0.4, 0.5) is 13.2 Å². The summed E-state index contributed by atoms with van der Waals surface area (Å²) in [6.07, 6.45) is -4.86. The molecular formula is C15H13F3N2O3. The van der Waals surface area contributed by atoms with Crippen LogP contribution >= 0.6 is 0 Å². The molecule has 0 aliphatic heterocycles. The number of hydrogen-bond donors (Lipinski definition) is 1. The molecule has 2 rings (SSSR count). The van der Waals surface area contributed by atoms with E-state index in [0.29, 0.717) is 5.69 Å². The molecule has 1 aromatic carbocycles. The van der Waals surface area contributed by atoms with Gasteiger partial charge in [-0.3, -0.25) is 9.59 Å². The molecule has 0 spiro atoms. The summed E-state index contributed by atoms with van der Waals surface area (Å²) in [6, 6.07) is 5.76. The molecule has 0 atom stereocenters. The first-order valence-electron chi connectivity index (χ1n) is 6.68. The topological polar surface area (TPSA) is 72.2 Å². The number of carbonyl (C=O) groups is 1. The second-order valence-electron chi connectivity index (χ2n) is 4.95. The number of halogens is 3. The van der Waals surface area contributed by atoms with Gasteiger partial charge >= 0.3 is 12.1 Å². The van der Waals surface area contributed by atoms with Gasteiger partial charge in [0.1, 0.15) is 5.69 Å². The highest BCUT2D eigenvalue weighted by Crippen LogP contribution is 2.30. The highest BCUT2D eigenvalue weighted by Gasteiger charge is 2.30. The Kier molecular flexibility index (Phi) is 4.53. The van der Waals surface area contributed by atoms with Crippen LogP contribution in [0.2, 0.25) is 0 Å². The standard InChI is InChI=1S/C15H13F3N2O3/c1-9-7-13(21)12(5-6-14(22)23)19-20(9)11-4-2-3-10(8-11)15(16,17)18/h2-4,7-8H,5-6H2,1H3,(H,22,23). The largest absolute Gasteiger partial charge is 0.481 e. The van der Waals surface area contributed by atoms with Crippen LogP contribution in [0.25, 0.3) is 5.69 Å². The Labute approximate surface area is 129 Å². The van der Waals surface area contributed by atoms with E-state index >= 15 is 0 Å². The number of aliphatic carboxylic acids is 1. The summed E-state index contributed by atoms with van der Waals surface area (Å²) in [5.41, 5.74) is -0.772. The van der Waals surface area contributed by atoms with Gasteiger partial charge < -0.3 is 5.11 Å². The van der Waals surface area contributed by atoms with Crippen LogP contribution in [0.1, 0.15) is 23.4 Å². The lowest BCUT2D eigenvalue weighted by Crippen LogP contribution is -2.20. The summed E-state index contributed by atoms with van der Waals surface area (Å²) in [5, 5.41) is 12.7. The zero-order chi connectivity index (χ0) is 17.2. The normalized spacial score (nSPS) is 11.5. The summed E-state index contributed by atoms with van der Waals surface area (Å²) >= 11 is 0. The number of benzene rings is 1. The van der Waals surface area contributed by atoms with E-state index in [9.17, 15) is 22.8 Å². The second kappa shape index (κ2) is 6.23. The molecule has 8 heteroatoms. The maximum Gasteiger partial charge on any atom is 0.416 e. The van der Waals surface area contributed by atoms with Gasteiger partial charge in [-0.15, -0.1) is 0 Å². The van der Waals surface area contributed by atoms with Crippen molar-refractivity contribution in [3.8, 4) is 5.69 Å². The van der Waals surface area contributed by atoms with Crippen molar-refractivity contribution in [3.05, 3.63) is 57.5 Å². The van der Waals surface area contributed by atoms with Crippen LogP contribution in [-0.4, -0.2) is 20.9 Å². The molecule has 1 heterocycles. The number of carboxylic acid groups (broad SMARTS) is 1. The predicted octanol–water partition coefficient (Wildman–Crippen LogP) is 2.58. The summed E-state index contributed by atoms with van der Waals surface area (Å²) in [7, 11) is 0. The Balaban J connectivity index is 2.49. The lowest BCUT2D eigenvalue weighted by molar-refractivity contribution is -0.138. The third kappa shape index (κ3) is 3.97. The lowest BCUT2D eigenvalue weighted by Gasteiger charge is -2.13. The van der Waals surface area contributed by atoms with Crippen molar-refractivity contribution in [3.63, 3.8) is 0 Å². The summed E-state index contributed by atoms with van der Waals surface area (Å²) in [5.74, 6) is -1.09. The molecule has 0 unspecified atom stereocenters. The maximum absolute atomic E-state index is 12.8. The van der Waals surface area contributed by atoms with E-state index in [1.165, 1.54) is 29.8 Å². The Morgan fingerprint density at radius 1 is 1.30 bits per heavy atom. The quantitative estimate of drug-likeness (QED) is 0.937. The van der Waals surface area contributed by atoms with Gasteiger partial charge in [0.15, 0.2) is 0 Å². The average Bonchev–Trinajstić information content (AvgIpc) is 2.45. The van der Waals surface area contributed by atoms with Crippen molar-refractivity contribution < 1.29 is 23.1 Å². The molecule has 1 aromatic heterocycles. The van der Waals surface area contributed by atoms with Crippen molar-refractivity contribution >= 4 is 5.97 Å². The minimum atomic E-state index is -4.49. The zero-order valence-electron chi connectivity index (χ0n) is 12.1. The van der Waals surface area contributed by atoms with E-state index in [4.69, 9.17) is 5.11 Å². The molecule has 0 saturated carbocycles. The third-order valence-electron chi connectivity index (χ3n) is 3.17. The Morgan fingerprint density at radius 2 is 2.00 bits per heavy atom. The van der Waals surface area contributed by atoms with Gasteiger partial charge in [0.25, 0.3) is 0 Å². The molecule has 0 aliphatic carbocycles. The molecule has 0 amide bonds. The van der Waals surface area contributed by atoms with Crippen molar-refractivity contribution in [2.24, 2.45) is 0 Å². The first-order chi connectivity index (χ1) is 10.7. The number of rotatable bonds is 4. The molecule has 2 aromatic rings. The van der Waals surface area contributed by atoms with E-state index in [1.807, 2.05) is 0 Å². The predicted molar refractivity (Wildman–Crippen MR) is 75.5 cm³/mol. The van der Waals surface area contributed by atoms with Crippen molar-refractivity contribution in [2.45, 2.75) is 25.9 Å². The Bertz CT molecular complexity index is 797. The van der Waals surface area contributed by atoms with Gasteiger partial charge in [-0.25, -0.2) is 4.68 Å².